The molecule has 0 aromatic carbocycles. The van der Waals surface area contributed by atoms with Crippen LogP contribution in [-0.4, -0.2) is 30.4 Å². The van der Waals surface area contributed by atoms with Crippen LogP contribution in [0.15, 0.2) is 0 Å². The van der Waals surface area contributed by atoms with Crippen LogP contribution in [0.3, 0.4) is 0 Å². The third-order valence-electron chi connectivity index (χ3n) is 4.15. The minimum absolute atomic E-state index is 0. The van der Waals surface area contributed by atoms with Crippen LogP contribution in [0.4, 0.5) is 0 Å². The van der Waals surface area contributed by atoms with E-state index in [9.17, 15) is 4.79 Å². The monoisotopic (exact) mass is 276 g/mol. The first-order chi connectivity index (χ1) is 8.13. The first kappa shape index (κ1) is 17.7. The summed E-state index contributed by atoms with van der Waals surface area (Å²) in [5.41, 5.74) is 5.55. The van der Waals surface area contributed by atoms with E-state index in [1.807, 2.05) is 0 Å². The van der Waals surface area contributed by atoms with Gasteiger partial charge in [-0.25, -0.2) is 0 Å². The molecule has 0 radical (unpaired) electrons. The Labute approximate surface area is 118 Å². The molecule has 0 aromatic rings. The van der Waals surface area contributed by atoms with E-state index in [0.29, 0.717) is 12.5 Å². The molecule has 0 heterocycles. The van der Waals surface area contributed by atoms with Crippen LogP contribution in [0.1, 0.15) is 52.9 Å². The lowest BCUT2D eigenvalue weighted by molar-refractivity contribution is -0.142. The summed E-state index contributed by atoms with van der Waals surface area (Å²) in [6.45, 7) is 8.61. The van der Waals surface area contributed by atoms with E-state index in [2.05, 4.69) is 25.7 Å². The zero-order valence-electron chi connectivity index (χ0n) is 12.1. The lowest BCUT2D eigenvalue weighted by atomic mass is 9.81. The van der Waals surface area contributed by atoms with Crippen molar-refractivity contribution in [1.82, 2.24) is 4.90 Å². The molecule has 1 rings (SSSR count). The van der Waals surface area contributed by atoms with E-state index in [-0.39, 0.29) is 17.8 Å². The SMILES string of the molecule is CCCN(CC1CC1)C(=O)C(CC)(CC)CN.Cl. The molecule has 1 aliphatic rings. The van der Waals surface area contributed by atoms with Crippen LogP contribution in [0.5, 0.6) is 0 Å². The van der Waals surface area contributed by atoms with Gasteiger partial charge in [-0.1, -0.05) is 20.8 Å². The lowest BCUT2D eigenvalue weighted by Gasteiger charge is -2.35. The maximum Gasteiger partial charge on any atom is 0.230 e. The predicted octanol–water partition coefficient (Wildman–Crippen LogP) is 2.82. The second kappa shape index (κ2) is 8.00. The van der Waals surface area contributed by atoms with Gasteiger partial charge in [-0.05, 0) is 38.0 Å². The topological polar surface area (TPSA) is 46.3 Å². The fourth-order valence-corrected chi connectivity index (χ4v) is 2.42. The van der Waals surface area contributed by atoms with E-state index in [4.69, 9.17) is 5.73 Å². The molecule has 0 saturated heterocycles. The number of amides is 1. The van der Waals surface area contributed by atoms with E-state index < -0.39 is 0 Å². The Bertz CT molecular complexity index is 242. The number of halogens is 1. The van der Waals surface area contributed by atoms with Crippen molar-refractivity contribution in [2.75, 3.05) is 19.6 Å². The van der Waals surface area contributed by atoms with E-state index in [1.165, 1.54) is 12.8 Å². The zero-order valence-corrected chi connectivity index (χ0v) is 12.9. The number of hydrogen-bond donors (Lipinski definition) is 1. The Morgan fingerprint density at radius 3 is 2.17 bits per heavy atom. The van der Waals surface area contributed by atoms with E-state index >= 15 is 0 Å². The summed E-state index contributed by atoms with van der Waals surface area (Å²) < 4.78 is 0. The molecular formula is C14H29ClN2O. The van der Waals surface area contributed by atoms with Gasteiger partial charge >= 0.3 is 0 Å². The van der Waals surface area contributed by atoms with Gasteiger partial charge in [0.05, 0.1) is 5.41 Å². The molecule has 0 atom stereocenters. The lowest BCUT2D eigenvalue weighted by Crippen LogP contribution is -2.48. The summed E-state index contributed by atoms with van der Waals surface area (Å²) in [4.78, 5) is 14.7. The van der Waals surface area contributed by atoms with Crippen molar-refractivity contribution < 1.29 is 4.79 Å². The molecule has 18 heavy (non-hydrogen) atoms. The van der Waals surface area contributed by atoms with Crippen molar-refractivity contribution in [2.45, 2.75) is 52.9 Å². The van der Waals surface area contributed by atoms with Gasteiger partial charge in [0.15, 0.2) is 0 Å². The van der Waals surface area contributed by atoms with Crippen molar-refractivity contribution in [1.29, 1.82) is 0 Å². The highest BCUT2D eigenvalue weighted by Gasteiger charge is 2.38. The van der Waals surface area contributed by atoms with Gasteiger partial charge < -0.3 is 10.6 Å². The van der Waals surface area contributed by atoms with Crippen molar-refractivity contribution >= 4 is 18.3 Å². The van der Waals surface area contributed by atoms with Gasteiger partial charge in [-0.2, -0.15) is 0 Å². The smallest absolute Gasteiger partial charge is 0.230 e. The Morgan fingerprint density at radius 2 is 1.83 bits per heavy atom. The maximum absolute atomic E-state index is 12.7. The third kappa shape index (κ3) is 4.13. The Kier molecular flexibility index (Phi) is 7.88. The average molecular weight is 277 g/mol. The number of carbonyl (C=O) groups excluding carboxylic acids is 1. The Hall–Kier alpha value is -0.280. The number of hydrogen-bond acceptors (Lipinski definition) is 2. The standard InChI is InChI=1S/C14H28N2O.ClH/c1-4-9-16(10-12-7-8-12)13(17)14(5-2,6-3)11-15;/h12H,4-11,15H2,1-3H3;1H. The normalized spacial score (nSPS) is 15.1. The minimum Gasteiger partial charge on any atom is -0.342 e. The van der Waals surface area contributed by atoms with Gasteiger partial charge in [-0.3, -0.25) is 4.79 Å². The van der Waals surface area contributed by atoms with E-state index in [0.717, 1.165) is 38.3 Å². The van der Waals surface area contributed by atoms with Gasteiger partial charge in [0.2, 0.25) is 5.91 Å². The molecule has 0 aromatic heterocycles. The van der Waals surface area contributed by atoms with Crippen LogP contribution >= 0.6 is 12.4 Å². The van der Waals surface area contributed by atoms with Gasteiger partial charge in [0, 0.05) is 19.6 Å². The van der Waals surface area contributed by atoms with Crippen LogP contribution in [0.25, 0.3) is 0 Å². The minimum atomic E-state index is -0.315. The fourth-order valence-electron chi connectivity index (χ4n) is 2.42. The molecule has 2 N–H and O–H groups in total. The molecule has 1 aliphatic carbocycles. The quantitative estimate of drug-likeness (QED) is 0.741. The van der Waals surface area contributed by atoms with Crippen molar-refractivity contribution in [2.24, 2.45) is 17.1 Å². The van der Waals surface area contributed by atoms with Crippen LogP contribution in [-0.2, 0) is 4.79 Å². The zero-order chi connectivity index (χ0) is 12.9. The number of rotatable bonds is 8. The Balaban J connectivity index is 0.00000289. The predicted molar refractivity (Wildman–Crippen MR) is 78.9 cm³/mol. The number of nitrogens with zero attached hydrogens (tertiary/aromatic N) is 1. The van der Waals surface area contributed by atoms with Crippen molar-refractivity contribution in [3.8, 4) is 0 Å². The van der Waals surface area contributed by atoms with Crippen LogP contribution in [0, 0.1) is 11.3 Å². The highest BCUT2D eigenvalue weighted by Crippen LogP contribution is 2.33. The first-order valence-electron chi connectivity index (χ1n) is 7.13. The van der Waals surface area contributed by atoms with Gasteiger partial charge in [0.1, 0.15) is 0 Å². The highest BCUT2D eigenvalue weighted by atomic mass is 35.5. The molecule has 0 unspecified atom stereocenters. The summed E-state index contributed by atoms with van der Waals surface area (Å²) in [6, 6.07) is 0. The van der Waals surface area contributed by atoms with Gasteiger partial charge in [0.25, 0.3) is 0 Å². The maximum atomic E-state index is 12.7. The summed E-state index contributed by atoms with van der Waals surface area (Å²) in [7, 11) is 0. The molecule has 108 valence electrons. The molecule has 4 heteroatoms. The molecular weight excluding hydrogens is 248 g/mol. The molecule has 0 bridgehead atoms. The fraction of sp³-hybridized carbons (Fsp3) is 0.929. The van der Waals surface area contributed by atoms with Crippen molar-refractivity contribution in [3.05, 3.63) is 0 Å². The molecule has 0 spiro atoms. The second-order valence-electron chi connectivity index (χ2n) is 5.39. The Morgan fingerprint density at radius 1 is 1.28 bits per heavy atom. The van der Waals surface area contributed by atoms with E-state index in [1.54, 1.807) is 0 Å². The summed E-state index contributed by atoms with van der Waals surface area (Å²) in [6.07, 6.45) is 5.32. The third-order valence-corrected chi connectivity index (χ3v) is 4.15. The summed E-state index contributed by atoms with van der Waals surface area (Å²) in [5.74, 6) is 1.05. The summed E-state index contributed by atoms with van der Waals surface area (Å²) >= 11 is 0. The molecule has 1 fully saturated rings. The first-order valence-corrected chi connectivity index (χ1v) is 7.13. The number of nitrogens with two attached hydrogens (primary N) is 1. The van der Waals surface area contributed by atoms with Crippen molar-refractivity contribution in [3.63, 3.8) is 0 Å². The summed E-state index contributed by atoms with van der Waals surface area (Å²) in [5, 5.41) is 0. The molecule has 0 aliphatic heterocycles. The molecule has 1 saturated carbocycles. The molecule has 1 amide bonds. The second-order valence-corrected chi connectivity index (χ2v) is 5.39. The van der Waals surface area contributed by atoms with Crippen LogP contribution in [0.2, 0.25) is 0 Å². The highest BCUT2D eigenvalue weighted by molar-refractivity contribution is 5.85. The van der Waals surface area contributed by atoms with Gasteiger partial charge in [-0.15, -0.1) is 12.4 Å². The van der Waals surface area contributed by atoms with Crippen LogP contribution < -0.4 is 5.73 Å². The number of carbonyl (C=O) groups is 1. The average Bonchev–Trinajstić information content (AvgIpc) is 3.15. The largest absolute Gasteiger partial charge is 0.342 e. The molecule has 3 nitrogen and oxygen atoms in total.